The van der Waals surface area contributed by atoms with Crippen molar-refractivity contribution in [1.82, 2.24) is 24.9 Å². The van der Waals surface area contributed by atoms with Crippen molar-refractivity contribution in [2.45, 2.75) is 10.9 Å². The maximum atomic E-state index is 5.74. The molecule has 0 saturated heterocycles. The van der Waals surface area contributed by atoms with Crippen LogP contribution in [0, 0.1) is 0 Å². The molecule has 0 aliphatic heterocycles. The molecule has 0 spiro atoms. The summed E-state index contributed by atoms with van der Waals surface area (Å²) in [5.74, 6) is 1.58. The monoisotopic (exact) mass is 326 g/mol. The average Bonchev–Trinajstić information content (AvgIpc) is 2.56. The first-order valence-corrected chi connectivity index (χ1v) is 7.70. The Balaban J connectivity index is 1.72. The molecule has 8 nitrogen and oxygen atoms in total. The van der Waals surface area contributed by atoms with Crippen LogP contribution in [0.25, 0.3) is 0 Å². The second kappa shape index (κ2) is 6.88. The van der Waals surface area contributed by atoms with E-state index in [4.69, 9.17) is 11.5 Å². The molecule has 0 fully saturated rings. The van der Waals surface area contributed by atoms with E-state index in [0.29, 0.717) is 28.4 Å². The first-order chi connectivity index (χ1) is 11.2. The van der Waals surface area contributed by atoms with Crippen LogP contribution in [0.2, 0.25) is 0 Å². The third-order valence-electron chi connectivity index (χ3n) is 2.74. The number of nitrogen functional groups attached to an aromatic ring is 2. The first-order valence-electron chi connectivity index (χ1n) is 6.72. The summed E-state index contributed by atoms with van der Waals surface area (Å²) in [4.78, 5) is 20.8. The quantitative estimate of drug-likeness (QED) is 0.365. The molecule has 3 rings (SSSR count). The Labute approximate surface area is 136 Å². The van der Waals surface area contributed by atoms with E-state index in [1.54, 1.807) is 30.6 Å². The van der Waals surface area contributed by atoms with Crippen LogP contribution < -0.4 is 16.8 Å². The fraction of sp³-hybridized carbons (Fsp3) is 0.0714. The fourth-order valence-electron chi connectivity index (χ4n) is 1.74. The van der Waals surface area contributed by atoms with E-state index in [1.807, 2.05) is 12.1 Å². The third-order valence-corrected chi connectivity index (χ3v) is 3.61. The van der Waals surface area contributed by atoms with Gasteiger partial charge in [0.1, 0.15) is 5.82 Å². The molecule has 0 amide bonds. The standard InChI is InChI=1S/C14H14N8S/c15-9-2-4-10(5-3-9)19-13-21-11(20-12(16)22-13)8-23-14-17-6-1-7-18-14/h1-7H,8,15H2,(H3,16,19,20,21,22). The van der Waals surface area contributed by atoms with Crippen LogP contribution in [-0.2, 0) is 5.75 Å². The van der Waals surface area contributed by atoms with Gasteiger partial charge in [0.2, 0.25) is 11.9 Å². The Morgan fingerprint density at radius 2 is 1.70 bits per heavy atom. The first kappa shape index (κ1) is 15.0. The van der Waals surface area contributed by atoms with E-state index in [1.165, 1.54) is 11.8 Å². The number of anilines is 4. The summed E-state index contributed by atoms with van der Waals surface area (Å²) in [7, 11) is 0. The van der Waals surface area contributed by atoms with Crippen LogP contribution in [0.1, 0.15) is 5.82 Å². The Morgan fingerprint density at radius 3 is 2.43 bits per heavy atom. The molecule has 116 valence electrons. The highest BCUT2D eigenvalue weighted by molar-refractivity contribution is 7.98. The molecule has 0 aliphatic rings. The number of thioether (sulfide) groups is 1. The molecule has 3 aromatic rings. The minimum absolute atomic E-state index is 0.155. The van der Waals surface area contributed by atoms with E-state index >= 15 is 0 Å². The van der Waals surface area contributed by atoms with Crippen LogP contribution in [0.3, 0.4) is 0 Å². The molecular formula is C14H14N8S. The van der Waals surface area contributed by atoms with Gasteiger partial charge in [-0.3, -0.25) is 0 Å². The van der Waals surface area contributed by atoms with Crippen molar-refractivity contribution in [2.75, 3.05) is 16.8 Å². The SMILES string of the molecule is Nc1ccc(Nc2nc(N)nc(CSc3ncccn3)n2)cc1. The summed E-state index contributed by atoms with van der Waals surface area (Å²) in [5, 5.41) is 3.72. The minimum atomic E-state index is 0.155. The normalized spacial score (nSPS) is 10.4. The number of nitrogens with two attached hydrogens (primary N) is 2. The molecule has 9 heteroatoms. The zero-order chi connectivity index (χ0) is 16.1. The molecule has 5 N–H and O–H groups in total. The predicted molar refractivity (Wildman–Crippen MR) is 90.0 cm³/mol. The average molecular weight is 326 g/mol. The van der Waals surface area contributed by atoms with Crippen LogP contribution >= 0.6 is 11.8 Å². The highest BCUT2D eigenvalue weighted by Crippen LogP contribution is 2.19. The van der Waals surface area contributed by atoms with Crippen molar-refractivity contribution in [3.05, 3.63) is 48.5 Å². The smallest absolute Gasteiger partial charge is 0.232 e. The summed E-state index contributed by atoms with van der Waals surface area (Å²) in [6.07, 6.45) is 3.37. The number of benzene rings is 1. The van der Waals surface area contributed by atoms with Crippen molar-refractivity contribution >= 4 is 35.0 Å². The summed E-state index contributed by atoms with van der Waals surface area (Å²) in [6, 6.07) is 9.01. The highest BCUT2D eigenvalue weighted by atomic mass is 32.2. The summed E-state index contributed by atoms with van der Waals surface area (Å²) in [5.41, 5.74) is 12.9. The highest BCUT2D eigenvalue weighted by Gasteiger charge is 2.07. The van der Waals surface area contributed by atoms with E-state index in [0.717, 1.165) is 5.69 Å². The second-order valence-corrected chi connectivity index (χ2v) is 5.44. The maximum absolute atomic E-state index is 5.74. The molecule has 0 radical (unpaired) electrons. The lowest BCUT2D eigenvalue weighted by Gasteiger charge is -2.07. The Kier molecular flexibility index (Phi) is 4.48. The van der Waals surface area contributed by atoms with Crippen LogP contribution in [0.15, 0.2) is 47.9 Å². The molecule has 0 bridgehead atoms. The second-order valence-electron chi connectivity index (χ2n) is 4.50. The van der Waals surface area contributed by atoms with Gasteiger partial charge in [0.15, 0.2) is 5.16 Å². The number of aromatic nitrogens is 5. The van der Waals surface area contributed by atoms with Gasteiger partial charge in [0.25, 0.3) is 0 Å². The minimum Gasteiger partial charge on any atom is -0.399 e. The lowest BCUT2D eigenvalue weighted by atomic mass is 10.3. The number of hydrogen-bond donors (Lipinski definition) is 3. The van der Waals surface area contributed by atoms with Crippen LogP contribution in [0.5, 0.6) is 0 Å². The predicted octanol–water partition coefficient (Wildman–Crippen LogP) is 1.86. The summed E-state index contributed by atoms with van der Waals surface area (Å²) in [6.45, 7) is 0. The van der Waals surface area contributed by atoms with E-state index < -0.39 is 0 Å². The Hall–Kier alpha value is -2.94. The molecule has 1 aromatic carbocycles. The van der Waals surface area contributed by atoms with Crippen molar-refractivity contribution in [3.63, 3.8) is 0 Å². The van der Waals surface area contributed by atoms with Crippen molar-refractivity contribution in [3.8, 4) is 0 Å². The number of nitrogens with zero attached hydrogens (tertiary/aromatic N) is 5. The molecule has 0 saturated carbocycles. The molecule has 23 heavy (non-hydrogen) atoms. The number of rotatable bonds is 5. The van der Waals surface area contributed by atoms with Gasteiger partial charge in [0, 0.05) is 23.8 Å². The number of hydrogen-bond acceptors (Lipinski definition) is 9. The summed E-state index contributed by atoms with van der Waals surface area (Å²) >= 11 is 1.42. The lowest BCUT2D eigenvalue weighted by Crippen LogP contribution is -2.06. The van der Waals surface area contributed by atoms with Crippen molar-refractivity contribution in [2.24, 2.45) is 0 Å². The van der Waals surface area contributed by atoms with Gasteiger partial charge in [-0.2, -0.15) is 15.0 Å². The Bertz CT molecular complexity index is 779. The molecule has 0 unspecified atom stereocenters. The van der Waals surface area contributed by atoms with Gasteiger partial charge in [-0.25, -0.2) is 9.97 Å². The van der Waals surface area contributed by atoms with Gasteiger partial charge in [-0.1, -0.05) is 11.8 Å². The lowest BCUT2D eigenvalue weighted by molar-refractivity contribution is 0.949. The molecule has 2 aromatic heterocycles. The topological polar surface area (TPSA) is 129 Å². The van der Waals surface area contributed by atoms with Gasteiger partial charge in [0.05, 0.1) is 5.75 Å². The molecule has 0 atom stereocenters. The van der Waals surface area contributed by atoms with Crippen LogP contribution in [-0.4, -0.2) is 24.9 Å². The largest absolute Gasteiger partial charge is 0.399 e. The third kappa shape index (κ3) is 4.27. The molecule has 0 aliphatic carbocycles. The van der Waals surface area contributed by atoms with E-state index in [2.05, 4.69) is 30.2 Å². The summed E-state index contributed by atoms with van der Waals surface area (Å²) < 4.78 is 0. The molecule has 2 heterocycles. The van der Waals surface area contributed by atoms with Gasteiger partial charge in [-0.05, 0) is 30.3 Å². The zero-order valence-electron chi connectivity index (χ0n) is 12.0. The Morgan fingerprint density at radius 1 is 0.957 bits per heavy atom. The van der Waals surface area contributed by atoms with E-state index in [9.17, 15) is 0 Å². The van der Waals surface area contributed by atoms with Gasteiger partial charge >= 0.3 is 0 Å². The van der Waals surface area contributed by atoms with Crippen molar-refractivity contribution in [1.29, 1.82) is 0 Å². The van der Waals surface area contributed by atoms with Gasteiger partial charge < -0.3 is 16.8 Å². The maximum Gasteiger partial charge on any atom is 0.232 e. The van der Waals surface area contributed by atoms with Crippen LogP contribution in [0.4, 0.5) is 23.3 Å². The fourth-order valence-corrected chi connectivity index (χ4v) is 2.40. The number of nitrogens with one attached hydrogen (secondary N) is 1. The van der Waals surface area contributed by atoms with E-state index in [-0.39, 0.29) is 5.95 Å². The van der Waals surface area contributed by atoms with Crippen molar-refractivity contribution < 1.29 is 0 Å². The molecular weight excluding hydrogens is 312 g/mol. The zero-order valence-corrected chi connectivity index (χ0v) is 12.9. The van der Waals surface area contributed by atoms with Gasteiger partial charge in [-0.15, -0.1) is 0 Å².